The Labute approximate surface area is 184 Å². The van der Waals surface area contributed by atoms with Crippen LogP contribution in [0.1, 0.15) is 49.4 Å². The summed E-state index contributed by atoms with van der Waals surface area (Å²) in [5, 5.41) is 7.50. The highest BCUT2D eigenvalue weighted by Gasteiger charge is 2.14. The van der Waals surface area contributed by atoms with Crippen LogP contribution in [0.3, 0.4) is 0 Å². The summed E-state index contributed by atoms with van der Waals surface area (Å²) in [7, 11) is 0. The van der Waals surface area contributed by atoms with Gasteiger partial charge in [0.25, 0.3) is 0 Å². The van der Waals surface area contributed by atoms with Crippen LogP contribution in [0.15, 0.2) is 53.5 Å². The Morgan fingerprint density at radius 3 is 2.53 bits per heavy atom. The largest absolute Gasteiger partial charge is 0.381 e. The number of nitrogens with zero attached hydrogens (tertiary/aromatic N) is 1. The van der Waals surface area contributed by atoms with Crippen LogP contribution >= 0.6 is 11.6 Å². The molecule has 0 spiro atoms. The van der Waals surface area contributed by atoms with Crippen LogP contribution < -0.4 is 10.6 Å². The number of guanidine groups is 1. The summed E-state index contributed by atoms with van der Waals surface area (Å²) >= 11 is 6.33. The van der Waals surface area contributed by atoms with E-state index in [0.717, 1.165) is 54.7 Å². The van der Waals surface area contributed by atoms with Crippen molar-refractivity contribution in [2.75, 3.05) is 19.8 Å². The van der Waals surface area contributed by atoms with Crippen molar-refractivity contribution in [2.45, 2.75) is 52.0 Å². The fourth-order valence-electron chi connectivity index (χ4n) is 3.40. The number of ether oxygens (including phenoxy) is 2. The maximum absolute atomic E-state index is 6.33. The predicted molar refractivity (Wildman–Crippen MR) is 123 cm³/mol. The highest BCUT2D eigenvalue weighted by Crippen LogP contribution is 2.22. The first-order chi connectivity index (χ1) is 14.7. The lowest BCUT2D eigenvalue weighted by atomic mass is 10.1. The number of aliphatic imine (C=N–C) groups is 1. The summed E-state index contributed by atoms with van der Waals surface area (Å²) in [6, 6.07) is 16.4. The zero-order valence-corrected chi connectivity index (χ0v) is 18.6. The molecule has 1 aliphatic rings. The molecule has 2 aromatic carbocycles. The second-order valence-corrected chi connectivity index (χ2v) is 7.93. The number of hydrogen-bond acceptors (Lipinski definition) is 3. The van der Waals surface area contributed by atoms with E-state index in [1.807, 2.05) is 24.3 Å². The average molecular weight is 430 g/mol. The Kier molecular flexibility index (Phi) is 9.00. The van der Waals surface area contributed by atoms with Gasteiger partial charge < -0.3 is 20.1 Å². The molecule has 2 aromatic rings. The molecule has 1 aliphatic heterocycles. The van der Waals surface area contributed by atoms with Gasteiger partial charge >= 0.3 is 0 Å². The molecule has 1 heterocycles. The standard InChI is InChI=1S/C24H32ClN3O2/c1-3-26-24(28-18(2)22-6-4-5-7-23(22)25)27-16-19-8-10-20(11-9-19)17-30-21-12-14-29-15-13-21/h4-11,18,21H,3,12-17H2,1-2H3,(H2,26,27,28). The van der Waals surface area contributed by atoms with E-state index in [4.69, 9.17) is 26.1 Å². The van der Waals surface area contributed by atoms with E-state index < -0.39 is 0 Å². The lowest BCUT2D eigenvalue weighted by Gasteiger charge is -2.22. The second-order valence-electron chi connectivity index (χ2n) is 7.52. The zero-order valence-electron chi connectivity index (χ0n) is 17.9. The number of rotatable bonds is 8. The second kappa shape index (κ2) is 11.9. The molecule has 1 atom stereocenters. The highest BCUT2D eigenvalue weighted by molar-refractivity contribution is 6.31. The van der Waals surface area contributed by atoms with Crippen molar-refractivity contribution in [3.05, 3.63) is 70.2 Å². The van der Waals surface area contributed by atoms with Crippen molar-refractivity contribution >= 4 is 17.6 Å². The molecule has 0 bridgehead atoms. The quantitative estimate of drug-likeness (QED) is 0.465. The molecule has 0 aromatic heterocycles. The van der Waals surface area contributed by atoms with Gasteiger partial charge in [0.15, 0.2) is 5.96 Å². The Morgan fingerprint density at radius 1 is 1.13 bits per heavy atom. The first kappa shape index (κ1) is 22.6. The highest BCUT2D eigenvalue weighted by atomic mass is 35.5. The average Bonchev–Trinajstić information content (AvgIpc) is 2.78. The van der Waals surface area contributed by atoms with Crippen molar-refractivity contribution < 1.29 is 9.47 Å². The van der Waals surface area contributed by atoms with Crippen molar-refractivity contribution in [1.29, 1.82) is 0 Å². The SMILES string of the molecule is CCNC(=NCc1ccc(COC2CCOCC2)cc1)NC(C)c1ccccc1Cl. The van der Waals surface area contributed by atoms with Crippen LogP contribution in [0.5, 0.6) is 0 Å². The lowest BCUT2D eigenvalue weighted by molar-refractivity contribution is -0.0390. The third-order valence-electron chi connectivity index (χ3n) is 5.17. The minimum absolute atomic E-state index is 0.0567. The number of hydrogen-bond donors (Lipinski definition) is 2. The van der Waals surface area contributed by atoms with E-state index in [2.05, 4.69) is 48.7 Å². The van der Waals surface area contributed by atoms with Crippen LogP contribution in [0, 0.1) is 0 Å². The molecule has 0 saturated carbocycles. The molecule has 0 aliphatic carbocycles. The molecule has 2 N–H and O–H groups in total. The van der Waals surface area contributed by atoms with Crippen LogP contribution in [0.4, 0.5) is 0 Å². The first-order valence-corrected chi connectivity index (χ1v) is 11.1. The molecular formula is C24H32ClN3O2. The predicted octanol–water partition coefficient (Wildman–Crippen LogP) is 4.85. The third kappa shape index (κ3) is 7.01. The molecule has 6 heteroatoms. The Morgan fingerprint density at radius 2 is 1.83 bits per heavy atom. The van der Waals surface area contributed by atoms with Gasteiger partial charge in [-0.05, 0) is 49.4 Å². The molecule has 162 valence electrons. The Balaban J connectivity index is 1.54. The molecule has 0 amide bonds. The van der Waals surface area contributed by atoms with E-state index in [9.17, 15) is 0 Å². The summed E-state index contributed by atoms with van der Waals surface area (Å²) in [5.74, 6) is 0.775. The number of benzene rings is 2. The summed E-state index contributed by atoms with van der Waals surface area (Å²) in [4.78, 5) is 4.73. The van der Waals surface area contributed by atoms with Crippen LogP contribution in [-0.2, 0) is 22.6 Å². The zero-order chi connectivity index (χ0) is 21.2. The maximum Gasteiger partial charge on any atom is 0.192 e. The van der Waals surface area contributed by atoms with E-state index in [1.165, 1.54) is 5.56 Å². The van der Waals surface area contributed by atoms with Gasteiger partial charge in [-0.3, -0.25) is 0 Å². The molecule has 5 nitrogen and oxygen atoms in total. The first-order valence-electron chi connectivity index (χ1n) is 10.7. The van der Waals surface area contributed by atoms with E-state index in [-0.39, 0.29) is 6.04 Å². The smallest absolute Gasteiger partial charge is 0.192 e. The van der Waals surface area contributed by atoms with Gasteiger partial charge in [-0.1, -0.05) is 54.1 Å². The molecule has 1 unspecified atom stereocenters. The van der Waals surface area contributed by atoms with Crippen molar-refractivity contribution in [2.24, 2.45) is 4.99 Å². The van der Waals surface area contributed by atoms with Crippen molar-refractivity contribution in [1.82, 2.24) is 10.6 Å². The molecule has 0 radical (unpaired) electrons. The number of halogens is 1. The Hall–Kier alpha value is -2.08. The van der Waals surface area contributed by atoms with Crippen LogP contribution in [0.2, 0.25) is 5.02 Å². The monoisotopic (exact) mass is 429 g/mol. The minimum Gasteiger partial charge on any atom is -0.381 e. The van der Waals surface area contributed by atoms with Crippen molar-refractivity contribution in [3.8, 4) is 0 Å². The van der Waals surface area contributed by atoms with Gasteiger partial charge in [-0.2, -0.15) is 0 Å². The molecular weight excluding hydrogens is 398 g/mol. The fourth-order valence-corrected chi connectivity index (χ4v) is 3.70. The molecule has 3 rings (SSSR count). The lowest BCUT2D eigenvalue weighted by Crippen LogP contribution is -2.38. The number of nitrogens with one attached hydrogen (secondary N) is 2. The summed E-state index contributed by atoms with van der Waals surface area (Å²) in [5.41, 5.74) is 3.40. The molecule has 1 saturated heterocycles. The van der Waals surface area contributed by atoms with E-state index >= 15 is 0 Å². The topological polar surface area (TPSA) is 54.9 Å². The van der Waals surface area contributed by atoms with E-state index in [0.29, 0.717) is 19.3 Å². The third-order valence-corrected chi connectivity index (χ3v) is 5.51. The summed E-state index contributed by atoms with van der Waals surface area (Å²) in [6.45, 7) is 7.80. The summed E-state index contributed by atoms with van der Waals surface area (Å²) in [6.07, 6.45) is 2.29. The minimum atomic E-state index is 0.0567. The van der Waals surface area contributed by atoms with Crippen molar-refractivity contribution in [3.63, 3.8) is 0 Å². The Bertz CT molecular complexity index is 804. The maximum atomic E-state index is 6.33. The van der Waals surface area contributed by atoms with Crippen LogP contribution in [0.25, 0.3) is 0 Å². The van der Waals surface area contributed by atoms with Gasteiger partial charge in [-0.25, -0.2) is 4.99 Å². The molecule has 1 fully saturated rings. The van der Waals surface area contributed by atoms with Crippen LogP contribution in [-0.4, -0.2) is 31.8 Å². The molecule has 30 heavy (non-hydrogen) atoms. The normalized spacial score (nSPS) is 16.3. The summed E-state index contributed by atoms with van der Waals surface area (Å²) < 4.78 is 11.4. The van der Waals surface area contributed by atoms with Gasteiger partial charge in [0.1, 0.15) is 0 Å². The van der Waals surface area contributed by atoms with Gasteiger partial charge in [0.2, 0.25) is 0 Å². The van der Waals surface area contributed by atoms with Gasteiger partial charge in [0.05, 0.1) is 25.3 Å². The van der Waals surface area contributed by atoms with Gasteiger partial charge in [0, 0.05) is 24.8 Å². The van der Waals surface area contributed by atoms with Gasteiger partial charge in [-0.15, -0.1) is 0 Å². The van der Waals surface area contributed by atoms with E-state index in [1.54, 1.807) is 0 Å². The fraction of sp³-hybridized carbons (Fsp3) is 0.458.